The zero-order valence-electron chi connectivity index (χ0n) is 9.67. The van der Waals surface area contributed by atoms with E-state index in [9.17, 15) is 4.79 Å². The highest BCUT2D eigenvalue weighted by Gasteiger charge is 2.27. The van der Waals surface area contributed by atoms with Crippen LogP contribution in [0.15, 0.2) is 22.7 Å². The van der Waals surface area contributed by atoms with Crippen molar-refractivity contribution in [2.45, 2.75) is 37.1 Å². The third-order valence-corrected chi connectivity index (χ3v) is 5.33. The molecule has 1 aliphatic rings. The molecular formula is C13H15Br2NO. The number of alkyl halides is 1. The summed E-state index contributed by atoms with van der Waals surface area (Å²) in [6.07, 6.45) is 3.38. The number of rotatable bonds is 2. The van der Waals surface area contributed by atoms with Crippen LogP contribution in [0, 0.1) is 6.92 Å². The molecule has 2 nitrogen and oxygen atoms in total. The largest absolute Gasteiger partial charge is 0.348 e. The van der Waals surface area contributed by atoms with Crippen LogP contribution in [0.3, 0.4) is 0 Å². The number of halogens is 2. The summed E-state index contributed by atoms with van der Waals surface area (Å²) < 4.78 is 0.890. The topological polar surface area (TPSA) is 29.1 Å². The van der Waals surface area contributed by atoms with Crippen molar-refractivity contribution in [3.63, 3.8) is 0 Å². The van der Waals surface area contributed by atoms with E-state index in [2.05, 4.69) is 37.2 Å². The van der Waals surface area contributed by atoms with Crippen LogP contribution in [0.4, 0.5) is 0 Å². The monoisotopic (exact) mass is 359 g/mol. The lowest BCUT2D eigenvalue weighted by Gasteiger charge is -2.17. The maximum atomic E-state index is 12.2. The van der Waals surface area contributed by atoms with Gasteiger partial charge in [0.2, 0.25) is 0 Å². The van der Waals surface area contributed by atoms with Gasteiger partial charge in [0, 0.05) is 15.3 Å². The molecule has 92 valence electrons. The molecule has 1 aromatic carbocycles. The van der Waals surface area contributed by atoms with Crippen molar-refractivity contribution in [1.29, 1.82) is 0 Å². The summed E-state index contributed by atoms with van der Waals surface area (Å²) >= 11 is 7.09. The molecule has 1 N–H and O–H groups in total. The molecule has 1 aromatic rings. The van der Waals surface area contributed by atoms with Crippen LogP contribution in [-0.2, 0) is 0 Å². The van der Waals surface area contributed by atoms with Crippen molar-refractivity contribution in [1.82, 2.24) is 5.32 Å². The summed E-state index contributed by atoms with van der Waals surface area (Å²) in [5.41, 5.74) is 1.80. The number of carbonyl (C=O) groups is 1. The smallest absolute Gasteiger partial charge is 0.252 e. The van der Waals surface area contributed by atoms with Gasteiger partial charge < -0.3 is 5.32 Å². The second-order valence-electron chi connectivity index (χ2n) is 4.46. The highest BCUT2D eigenvalue weighted by atomic mass is 79.9. The van der Waals surface area contributed by atoms with Crippen LogP contribution < -0.4 is 5.32 Å². The minimum absolute atomic E-state index is 0.0110. The molecule has 1 saturated carbocycles. The molecule has 1 amide bonds. The first-order valence-corrected chi connectivity index (χ1v) is 7.50. The van der Waals surface area contributed by atoms with E-state index in [1.165, 1.54) is 6.42 Å². The molecule has 0 radical (unpaired) electrons. The van der Waals surface area contributed by atoms with E-state index in [0.717, 1.165) is 28.4 Å². The SMILES string of the molecule is Cc1cccc(C(=O)NC2CCCC2Br)c1Br. The molecule has 0 spiro atoms. The fraction of sp³-hybridized carbons (Fsp3) is 0.462. The van der Waals surface area contributed by atoms with Crippen molar-refractivity contribution in [3.8, 4) is 0 Å². The molecule has 0 aliphatic heterocycles. The average molecular weight is 361 g/mol. The molecule has 0 saturated heterocycles. The predicted octanol–water partition coefficient (Wildman–Crippen LogP) is 3.80. The van der Waals surface area contributed by atoms with Crippen LogP contribution in [0.25, 0.3) is 0 Å². The Morgan fingerprint density at radius 3 is 2.82 bits per heavy atom. The van der Waals surface area contributed by atoms with E-state index in [4.69, 9.17) is 0 Å². The molecular weight excluding hydrogens is 346 g/mol. The summed E-state index contributed by atoms with van der Waals surface area (Å²) in [4.78, 5) is 12.6. The molecule has 17 heavy (non-hydrogen) atoms. The normalized spacial score (nSPS) is 23.7. The van der Waals surface area contributed by atoms with Crippen molar-refractivity contribution >= 4 is 37.8 Å². The van der Waals surface area contributed by atoms with E-state index in [1.54, 1.807) is 0 Å². The van der Waals surface area contributed by atoms with Gasteiger partial charge >= 0.3 is 0 Å². The third kappa shape index (κ3) is 2.91. The van der Waals surface area contributed by atoms with Gasteiger partial charge in [-0.15, -0.1) is 0 Å². The van der Waals surface area contributed by atoms with Gasteiger partial charge in [-0.2, -0.15) is 0 Å². The number of aryl methyl sites for hydroxylation is 1. The summed E-state index contributed by atoms with van der Waals surface area (Å²) in [6, 6.07) is 6.01. The first kappa shape index (κ1) is 13.1. The quantitative estimate of drug-likeness (QED) is 0.798. The fourth-order valence-corrected chi connectivity index (χ4v) is 3.31. The third-order valence-electron chi connectivity index (χ3n) is 3.18. The van der Waals surface area contributed by atoms with Crippen LogP contribution in [-0.4, -0.2) is 16.8 Å². The number of benzene rings is 1. The minimum atomic E-state index is 0.0110. The van der Waals surface area contributed by atoms with Gasteiger partial charge in [0.25, 0.3) is 5.91 Å². The van der Waals surface area contributed by atoms with Crippen molar-refractivity contribution < 1.29 is 4.79 Å². The Hall–Kier alpha value is -0.350. The fourth-order valence-electron chi connectivity index (χ4n) is 2.15. The summed E-state index contributed by atoms with van der Waals surface area (Å²) in [6.45, 7) is 1.99. The van der Waals surface area contributed by atoms with Crippen LogP contribution in [0.5, 0.6) is 0 Å². The predicted molar refractivity (Wildman–Crippen MR) is 76.7 cm³/mol. The molecule has 1 fully saturated rings. The number of nitrogens with one attached hydrogen (secondary N) is 1. The summed E-state index contributed by atoms with van der Waals surface area (Å²) in [5.74, 6) is 0.0110. The van der Waals surface area contributed by atoms with Crippen LogP contribution in [0.1, 0.15) is 35.2 Å². The Balaban J connectivity index is 2.12. The Morgan fingerprint density at radius 2 is 2.18 bits per heavy atom. The Labute approximate surface area is 118 Å². The second kappa shape index (κ2) is 5.53. The molecule has 0 bridgehead atoms. The molecule has 0 heterocycles. The van der Waals surface area contributed by atoms with Crippen molar-refractivity contribution in [2.75, 3.05) is 0 Å². The van der Waals surface area contributed by atoms with Gasteiger partial charge in [-0.1, -0.05) is 34.5 Å². The number of hydrogen-bond donors (Lipinski definition) is 1. The lowest BCUT2D eigenvalue weighted by molar-refractivity contribution is 0.0938. The van der Waals surface area contributed by atoms with Gasteiger partial charge in [0.15, 0.2) is 0 Å². The van der Waals surface area contributed by atoms with Crippen LogP contribution >= 0.6 is 31.9 Å². The summed E-state index contributed by atoms with van der Waals surface area (Å²) in [5, 5.41) is 3.10. The highest BCUT2D eigenvalue weighted by molar-refractivity contribution is 9.10. The van der Waals surface area contributed by atoms with E-state index >= 15 is 0 Å². The number of carbonyl (C=O) groups excluding carboxylic acids is 1. The van der Waals surface area contributed by atoms with Crippen molar-refractivity contribution in [3.05, 3.63) is 33.8 Å². The Bertz CT molecular complexity index is 433. The average Bonchev–Trinajstić information content (AvgIpc) is 2.68. The first-order valence-electron chi connectivity index (χ1n) is 5.79. The van der Waals surface area contributed by atoms with Gasteiger partial charge in [0.05, 0.1) is 5.56 Å². The molecule has 2 atom stereocenters. The second-order valence-corrected chi connectivity index (χ2v) is 6.43. The van der Waals surface area contributed by atoms with Gasteiger partial charge in [-0.25, -0.2) is 0 Å². The summed E-state index contributed by atoms with van der Waals surface area (Å²) in [7, 11) is 0. The van der Waals surface area contributed by atoms with Gasteiger partial charge in [-0.3, -0.25) is 4.79 Å². The zero-order chi connectivity index (χ0) is 12.4. The molecule has 4 heteroatoms. The number of hydrogen-bond acceptors (Lipinski definition) is 1. The van der Waals surface area contributed by atoms with Crippen LogP contribution in [0.2, 0.25) is 0 Å². The van der Waals surface area contributed by atoms with Gasteiger partial charge in [-0.05, 0) is 47.3 Å². The number of amides is 1. The zero-order valence-corrected chi connectivity index (χ0v) is 12.8. The van der Waals surface area contributed by atoms with E-state index in [0.29, 0.717) is 4.83 Å². The maximum Gasteiger partial charge on any atom is 0.252 e. The molecule has 2 unspecified atom stereocenters. The Morgan fingerprint density at radius 1 is 1.41 bits per heavy atom. The van der Waals surface area contributed by atoms with E-state index in [-0.39, 0.29) is 11.9 Å². The lowest BCUT2D eigenvalue weighted by atomic mass is 10.1. The minimum Gasteiger partial charge on any atom is -0.348 e. The van der Waals surface area contributed by atoms with Gasteiger partial charge in [0.1, 0.15) is 0 Å². The molecule has 2 rings (SSSR count). The van der Waals surface area contributed by atoms with E-state index in [1.807, 2.05) is 25.1 Å². The lowest BCUT2D eigenvalue weighted by Crippen LogP contribution is -2.37. The van der Waals surface area contributed by atoms with E-state index < -0.39 is 0 Å². The molecule has 0 aromatic heterocycles. The standard InChI is InChI=1S/C13H15Br2NO/c1-8-4-2-5-9(12(8)15)13(17)16-11-7-3-6-10(11)14/h2,4-5,10-11H,3,6-7H2,1H3,(H,16,17). The Kier molecular flexibility index (Phi) is 4.26. The first-order chi connectivity index (χ1) is 8.09. The maximum absolute atomic E-state index is 12.2. The molecule has 1 aliphatic carbocycles. The highest BCUT2D eigenvalue weighted by Crippen LogP contribution is 2.27. The van der Waals surface area contributed by atoms with Crippen molar-refractivity contribution in [2.24, 2.45) is 0 Å².